The lowest BCUT2D eigenvalue weighted by Gasteiger charge is -2.01. The molecule has 16 heavy (non-hydrogen) atoms. The fourth-order valence-electron chi connectivity index (χ4n) is 1.37. The first-order chi connectivity index (χ1) is 7.60. The van der Waals surface area contributed by atoms with Gasteiger partial charge in [0.2, 0.25) is 0 Å². The minimum atomic E-state index is -0.679. The molecular formula is C11H7F2N3. The van der Waals surface area contributed by atoms with Gasteiger partial charge in [0.25, 0.3) is 0 Å². The van der Waals surface area contributed by atoms with Crippen LogP contribution in [0.15, 0.2) is 24.4 Å². The van der Waals surface area contributed by atoms with E-state index in [0.29, 0.717) is 11.3 Å². The third-order valence-corrected chi connectivity index (χ3v) is 2.13. The molecule has 0 aliphatic carbocycles. The number of benzene rings is 1. The normalized spacial score (nSPS) is 10.1. The van der Waals surface area contributed by atoms with Crippen molar-refractivity contribution in [1.29, 1.82) is 5.26 Å². The molecule has 1 heterocycles. The fraction of sp³-hybridized carbons (Fsp3) is 0.0909. The second-order valence-electron chi connectivity index (χ2n) is 3.31. The van der Waals surface area contributed by atoms with Crippen molar-refractivity contribution in [2.45, 2.75) is 6.92 Å². The van der Waals surface area contributed by atoms with Crippen molar-refractivity contribution in [3.05, 3.63) is 47.3 Å². The molecule has 0 spiro atoms. The van der Waals surface area contributed by atoms with Gasteiger partial charge >= 0.3 is 0 Å². The average molecular weight is 219 g/mol. The van der Waals surface area contributed by atoms with Crippen LogP contribution in [0.5, 0.6) is 0 Å². The van der Waals surface area contributed by atoms with Gasteiger partial charge < -0.3 is 0 Å². The molecule has 2 rings (SSSR count). The molecule has 0 radical (unpaired) electrons. The number of nitrogens with zero attached hydrogens (tertiary/aromatic N) is 3. The first-order valence-electron chi connectivity index (χ1n) is 4.53. The predicted octanol–water partition coefficient (Wildman–Crippen LogP) is 2.33. The summed E-state index contributed by atoms with van der Waals surface area (Å²) in [7, 11) is 0. The highest BCUT2D eigenvalue weighted by molar-refractivity contribution is 5.37. The van der Waals surface area contributed by atoms with Gasteiger partial charge in [-0.25, -0.2) is 13.5 Å². The second kappa shape index (κ2) is 3.74. The smallest absolute Gasteiger partial charge is 0.128 e. The highest BCUT2D eigenvalue weighted by Gasteiger charge is 2.07. The summed E-state index contributed by atoms with van der Waals surface area (Å²) in [5, 5.41) is 12.7. The van der Waals surface area contributed by atoms with Crippen molar-refractivity contribution < 1.29 is 8.78 Å². The van der Waals surface area contributed by atoms with Crippen LogP contribution in [0.4, 0.5) is 8.78 Å². The molecule has 1 aromatic carbocycles. The van der Waals surface area contributed by atoms with E-state index in [-0.39, 0.29) is 5.69 Å². The van der Waals surface area contributed by atoms with Gasteiger partial charge in [-0.15, -0.1) is 0 Å². The van der Waals surface area contributed by atoms with Crippen molar-refractivity contribution in [3.63, 3.8) is 0 Å². The van der Waals surface area contributed by atoms with Crippen LogP contribution in [0, 0.1) is 29.9 Å². The molecule has 1 aromatic heterocycles. The summed E-state index contributed by atoms with van der Waals surface area (Å²) in [6.07, 6.45) is 1.43. The summed E-state index contributed by atoms with van der Waals surface area (Å²) < 4.78 is 27.2. The Morgan fingerprint density at radius 1 is 1.25 bits per heavy atom. The van der Waals surface area contributed by atoms with E-state index in [4.69, 9.17) is 5.26 Å². The van der Waals surface area contributed by atoms with Crippen LogP contribution in [0.25, 0.3) is 5.69 Å². The minimum absolute atomic E-state index is 0.252. The molecule has 0 aliphatic rings. The fourth-order valence-corrected chi connectivity index (χ4v) is 1.37. The van der Waals surface area contributed by atoms with E-state index >= 15 is 0 Å². The average Bonchev–Trinajstić information content (AvgIpc) is 2.58. The number of hydrogen-bond donors (Lipinski definition) is 0. The molecule has 0 fully saturated rings. The second-order valence-corrected chi connectivity index (χ2v) is 3.31. The van der Waals surface area contributed by atoms with Crippen LogP contribution < -0.4 is 0 Å². The third-order valence-electron chi connectivity index (χ3n) is 2.13. The Labute approximate surface area is 90.5 Å². The molecule has 3 nitrogen and oxygen atoms in total. The number of aryl methyl sites for hydroxylation is 1. The summed E-state index contributed by atoms with van der Waals surface area (Å²) in [5.41, 5.74) is 1.15. The van der Waals surface area contributed by atoms with E-state index in [0.717, 1.165) is 18.2 Å². The van der Waals surface area contributed by atoms with E-state index in [9.17, 15) is 8.78 Å². The Morgan fingerprint density at radius 2 is 1.88 bits per heavy atom. The zero-order valence-corrected chi connectivity index (χ0v) is 8.41. The zero-order chi connectivity index (χ0) is 11.7. The number of hydrogen-bond acceptors (Lipinski definition) is 2. The summed E-state index contributed by atoms with van der Waals surface area (Å²) in [6.45, 7) is 1.66. The molecule has 0 saturated carbocycles. The molecule has 0 saturated heterocycles. The first-order valence-corrected chi connectivity index (χ1v) is 4.53. The van der Waals surface area contributed by atoms with Crippen LogP contribution in [-0.2, 0) is 0 Å². The topological polar surface area (TPSA) is 41.6 Å². The highest BCUT2D eigenvalue weighted by atomic mass is 19.1. The number of nitriles is 1. The molecule has 0 amide bonds. The highest BCUT2D eigenvalue weighted by Crippen LogP contribution is 2.14. The molecule has 0 aliphatic heterocycles. The molecule has 0 atom stereocenters. The number of aromatic nitrogens is 2. The van der Waals surface area contributed by atoms with E-state index in [1.807, 2.05) is 6.07 Å². The summed E-state index contributed by atoms with van der Waals surface area (Å²) >= 11 is 0. The summed E-state index contributed by atoms with van der Waals surface area (Å²) in [6, 6.07) is 5.03. The monoisotopic (exact) mass is 219 g/mol. The molecule has 80 valence electrons. The Morgan fingerprint density at radius 3 is 2.38 bits per heavy atom. The van der Waals surface area contributed by atoms with Crippen molar-refractivity contribution in [2.24, 2.45) is 0 Å². The lowest BCUT2D eigenvalue weighted by molar-refractivity contribution is 0.580. The maximum atomic E-state index is 13.0. The van der Waals surface area contributed by atoms with Crippen molar-refractivity contribution in [3.8, 4) is 11.8 Å². The van der Waals surface area contributed by atoms with Gasteiger partial charge in [0, 0.05) is 12.3 Å². The number of halogens is 2. The molecule has 0 N–H and O–H groups in total. The van der Waals surface area contributed by atoms with Gasteiger partial charge in [-0.05, 0) is 19.1 Å². The molecule has 5 heteroatoms. The van der Waals surface area contributed by atoms with Crippen molar-refractivity contribution in [2.75, 3.05) is 0 Å². The van der Waals surface area contributed by atoms with Crippen LogP contribution in [0.1, 0.15) is 11.3 Å². The quantitative estimate of drug-likeness (QED) is 0.738. The van der Waals surface area contributed by atoms with Gasteiger partial charge in [0.05, 0.1) is 16.9 Å². The summed E-state index contributed by atoms with van der Waals surface area (Å²) in [4.78, 5) is 0. The maximum Gasteiger partial charge on any atom is 0.128 e. The largest absolute Gasteiger partial charge is 0.239 e. The van der Waals surface area contributed by atoms with Crippen molar-refractivity contribution in [1.82, 2.24) is 9.78 Å². The molecular weight excluding hydrogens is 212 g/mol. The minimum Gasteiger partial charge on any atom is -0.239 e. The molecule has 2 aromatic rings. The van der Waals surface area contributed by atoms with E-state index in [1.54, 1.807) is 6.92 Å². The van der Waals surface area contributed by atoms with Crippen LogP contribution in [0.3, 0.4) is 0 Å². The van der Waals surface area contributed by atoms with Gasteiger partial charge in [-0.3, -0.25) is 0 Å². The van der Waals surface area contributed by atoms with Crippen LogP contribution in [0.2, 0.25) is 0 Å². The predicted molar refractivity (Wildman–Crippen MR) is 52.9 cm³/mol. The van der Waals surface area contributed by atoms with Gasteiger partial charge in [0.15, 0.2) is 0 Å². The van der Waals surface area contributed by atoms with E-state index < -0.39 is 11.6 Å². The Balaban J connectivity index is 2.55. The van der Waals surface area contributed by atoms with Crippen molar-refractivity contribution >= 4 is 0 Å². The number of rotatable bonds is 1. The van der Waals surface area contributed by atoms with Gasteiger partial charge in [-0.1, -0.05) is 0 Å². The van der Waals surface area contributed by atoms with Crippen LogP contribution >= 0.6 is 0 Å². The Hall–Kier alpha value is -2.22. The summed E-state index contributed by atoms with van der Waals surface area (Å²) in [5.74, 6) is -1.36. The maximum absolute atomic E-state index is 13.0. The lowest BCUT2D eigenvalue weighted by atomic mass is 10.3. The molecule has 0 unspecified atom stereocenters. The SMILES string of the molecule is Cc1nn(-c2cc(F)cc(F)c2)cc1C#N. The van der Waals surface area contributed by atoms with E-state index in [2.05, 4.69) is 5.10 Å². The standard InChI is InChI=1S/C11H7F2N3/c1-7-8(5-14)6-16(15-7)11-3-9(12)2-10(13)4-11/h2-4,6H,1H3. The molecule has 0 bridgehead atoms. The Kier molecular flexibility index (Phi) is 2.41. The third kappa shape index (κ3) is 1.77. The van der Waals surface area contributed by atoms with Crippen LogP contribution in [-0.4, -0.2) is 9.78 Å². The Bertz CT molecular complexity index is 561. The van der Waals surface area contributed by atoms with E-state index in [1.165, 1.54) is 10.9 Å². The first kappa shape index (κ1) is 10.3. The van der Waals surface area contributed by atoms with Gasteiger partial charge in [0.1, 0.15) is 17.7 Å². The van der Waals surface area contributed by atoms with Gasteiger partial charge in [-0.2, -0.15) is 10.4 Å². The zero-order valence-electron chi connectivity index (χ0n) is 8.41. The lowest BCUT2D eigenvalue weighted by Crippen LogP contribution is -1.96.